The Bertz CT molecular complexity index is 206. The lowest BCUT2D eigenvalue weighted by Crippen LogP contribution is -2.24. The molecule has 6 heteroatoms. The van der Waals surface area contributed by atoms with Crippen LogP contribution in [0.5, 0.6) is 0 Å². The zero-order chi connectivity index (χ0) is 12.9. The van der Waals surface area contributed by atoms with Crippen LogP contribution in [0.4, 0.5) is 0 Å². The summed E-state index contributed by atoms with van der Waals surface area (Å²) in [5, 5.41) is 0. The average Bonchev–Trinajstić information content (AvgIpc) is 2.33. The van der Waals surface area contributed by atoms with Crippen molar-refractivity contribution in [3.05, 3.63) is 12.7 Å². The SMILES string of the molecule is C=CC(=O)OCCCC[SiH2]C(OCC)OCC.[SiH4]. The van der Waals surface area contributed by atoms with Crippen molar-refractivity contribution in [1.82, 2.24) is 0 Å². The van der Waals surface area contributed by atoms with Gasteiger partial charge in [0, 0.05) is 19.3 Å². The molecule has 0 N–H and O–H groups in total. The molecule has 108 valence electrons. The lowest BCUT2D eigenvalue weighted by atomic mass is 10.4. The van der Waals surface area contributed by atoms with Crippen molar-refractivity contribution in [1.29, 1.82) is 0 Å². The van der Waals surface area contributed by atoms with E-state index >= 15 is 0 Å². The minimum Gasteiger partial charge on any atom is -0.463 e. The van der Waals surface area contributed by atoms with E-state index in [4.69, 9.17) is 14.2 Å². The highest BCUT2D eigenvalue weighted by Crippen LogP contribution is 2.02. The molecule has 0 aliphatic carbocycles. The minimum absolute atomic E-state index is 0. The highest BCUT2D eigenvalue weighted by atomic mass is 28.2. The van der Waals surface area contributed by atoms with E-state index in [0.29, 0.717) is 19.8 Å². The summed E-state index contributed by atoms with van der Waals surface area (Å²) in [4.78, 5) is 10.8. The number of esters is 1. The zero-order valence-corrected chi connectivity index (χ0v) is 12.4. The van der Waals surface area contributed by atoms with Crippen LogP contribution in [0.1, 0.15) is 26.7 Å². The summed E-state index contributed by atoms with van der Waals surface area (Å²) in [5.41, 5.74) is 0. The fourth-order valence-electron chi connectivity index (χ4n) is 1.41. The van der Waals surface area contributed by atoms with E-state index in [9.17, 15) is 4.79 Å². The van der Waals surface area contributed by atoms with E-state index in [1.165, 1.54) is 6.08 Å². The molecule has 0 fully saturated rings. The summed E-state index contributed by atoms with van der Waals surface area (Å²) >= 11 is 0. The van der Waals surface area contributed by atoms with Gasteiger partial charge in [0.15, 0.2) is 0 Å². The van der Waals surface area contributed by atoms with Gasteiger partial charge in [-0.15, -0.1) is 0 Å². The molecule has 0 aromatic heterocycles. The normalized spacial score (nSPS) is 10.6. The molecule has 0 aromatic rings. The molecule has 0 atom stereocenters. The lowest BCUT2D eigenvalue weighted by Gasteiger charge is -2.16. The van der Waals surface area contributed by atoms with Gasteiger partial charge in [-0.25, -0.2) is 4.79 Å². The fourth-order valence-corrected chi connectivity index (χ4v) is 3.19. The van der Waals surface area contributed by atoms with Crippen LogP contribution in [0.25, 0.3) is 0 Å². The maximum absolute atomic E-state index is 10.8. The third-order valence-corrected chi connectivity index (χ3v) is 4.05. The smallest absolute Gasteiger partial charge is 0.330 e. The molecule has 0 amide bonds. The van der Waals surface area contributed by atoms with Crippen LogP contribution < -0.4 is 0 Å². The summed E-state index contributed by atoms with van der Waals surface area (Å²) in [5.74, 6) is -0.301. The van der Waals surface area contributed by atoms with E-state index in [2.05, 4.69) is 6.58 Å². The van der Waals surface area contributed by atoms with Crippen molar-refractivity contribution in [3.8, 4) is 0 Å². The highest BCUT2D eigenvalue weighted by Gasteiger charge is 2.07. The van der Waals surface area contributed by atoms with Crippen molar-refractivity contribution in [2.24, 2.45) is 0 Å². The Balaban J connectivity index is 0. The second-order valence-electron chi connectivity index (χ2n) is 3.56. The largest absolute Gasteiger partial charge is 0.463 e. The van der Waals surface area contributed by atoms with E-state index < -0.39 is 0 Å². The Hall–Kier alpha value is -0.436. The van der Waals surface area contributed by atoms with E-state index in [1.807, 2.05) is 13.8 Å². The van der Waals surface area contributed by atoms with E-state index in [1.54, 1.807) is 0 Å². The lowest BCUT2D eigenvalue weighted by molar-refractivity contribution is -0.137. The zero-order valence-electron chi connectivity index (χ0n) is 10.9. The molecule has 0 heterocycles. The summed E-state index contributed by atoms with van der Waals surface area (Å²) < 4.78 is 15.9. The van der Waals surface area contributed by atoms with Crippen LogP contribution in [0, 0.1) is 0 Å². The van der Waals surface area contributed by atoms with Crippen molar-refractivity contribution in [3.63, 3.8) is 0 Å². The summed E-state index contributed by atoms with van der Waals surface area (Å²) in [6, 6.07) is 1.15. The molecule has 18 heavy (non-hydrogen) atoms. The maximum atomic E-state index is 10.8. The van der Waals surface area contributed by atoms with Crippen molar-refractivity contribution in [2.45, 2.75) is 38.6 Å². The summed E-state index contributed by atoms with van der Waals surface area (Å²) in [6.45, 7) is 9.19. The van der Waals surface area contributed by atoms with Crippen molar-refractivity contribution >= 4 is 26.5 Å². The molecule has 0 rings (SSSR count). The van der Waals surface area contributed by atoms with Crippen LogP contribution in [-0.2, 0) is 19.0 Å². The van der Waals surface area contributed by atoms with Crippen LogP contribution in [-0.4, -0.2) is 52.2 Å². The van der Waals surface area contributed by atoms with Gasteiger partial charge < -0.3 is 14.2 Å². The first-order chi connectivity index (χ1) is 8.24. The number of hydrogen-bond donors (Lipinski definition) is 0. The third-order valence-electron chi connectivity index (χ3n) is 2.20. The molecule has 0 unspecified atom stereocenters. The molecule has 4 nitrogen and oxygen atoms in total. The predicted molar refractivity (Wildman–Crippen MR) is 82.1 cm³/mol. The van der Waals surface area contributed by atoms with Gasteiger partial charge in [-0.05, 0) is 31.2 Å². The fraction of sp³-hybridized carbons (Fsp3) is 0.750. The Kier molecular flexibility index (Phi) is 16.2. The van der Waals surface area contributed by atoms with Crippen molar-refractivity contribution in [2.75, 3.05) is 19.8 Å². The number of rotatable bonds is 11. The number of hydrogen-bond acceptors (Lipinski definition) is 4. The second-order valence-corrected chi connectivity index (χ2v) is 5.51. The van der Waals surface area contributed by atoms with Gasteiger partial charge in [0.05, 0.1) is 16.1 Å². The predicted octanol–water partition coefficient (Wildman–Crippen LogP) is -0.0121. The Morgan fingerprint density at radius 2 is 1.89 bits per heavy atom. The standard InChI is InChI=1S/C12H24O4Si.H4Si/c1-4-11(13)16-9-7-8-10-17-12(14-5-2)15-6-3;/h4,12H,1,5-10,17H2,2-3H3;1H4. The first kappa shape index (κ1) is 19.9. The molecule has 0 aliphatic rings. The highest BCUT2D eigenvalue weighted by molar-refractivity contribution is 6.36. The van der Waals surface area contributed by atoms with E-state index in [-0.39, 0.29) is 32.4 Å². The average molecular weight is 293 g/mol. The molecule has 0 spiro atoms. The summed E-state index contributed by atoms with van der Waals surface area (Å²) in [7, 11) is -0.354. The first-order valence-electron chi connectivity index (χ1n) is 6.27. The second kappa shape index (κ2) is 14.6. The Labute approximate surface area is 117 Å². The molecular weight excluding hydrogens is 264 g/mol. The molecule has 0 aliphatic heterocycles. The van der Waals surface area contributed by atoms with Gasteiger partial charge in [-0.2, -0.15) is 0 Å². The third kappa shape index (κ3) is 12.0. The number of carbonyl (C=O) groups is 1. The monoisotopic (exact) mass is 292 g/mol. The maximum Gasteiger partial charge on any atom is 0.330 e. The van der Waals surface area contributed by atoms with Crippen LogP contribution in [0.15, 0.2) is 12.7 Å². The molecule has 0 saturated carbocycles. The van der Waals surface area contributed by atoms with Gasteiger partial charge in [0.25, 0.3) is 0 Å². The quantitative estimate of drug-likeness (QED) is 0.177. The van der Waals surface area contributed by atoms with Gasteiger partial charge in [0.2, 0.25) is 0 Å². The Morgan fingerprint density at radius 3 is 2.39 bits per heavy atom. The first-order valence-corrected chi connectivity index (χ1v) is 8.08. The molecule has 0 radical (unpaired) electrons. The number of unbranched alkanes of at least 4 members (excludes halogenated alkanes) is 1. The number of carbonyl (C=O) groups excluding carboxylic acids is 1. The molecule has 0 aromatic carbocycles. The van der Waals surface area contributed by atoms with Gasteiger partial charge in [-0.3, -0.25) is 0 Å². The van der Waals surface area contributed by atoms with E-state index in [0.717, 1.165) is 18.9 Å². The van der Waals surface area contributed by atoms with Crippen LogP contribution in [0.3, 0.4) is 0 Å². The van der Waals surface area contributed by atoms with Gasteiger partial charge in [-0.1, -0.05) is 19.0 Å². The van der Waals surface area contributed by atoms with Gasteiger partial charge in [0.1, 0.15) is 5.91 Å². The topological polar surface area (TPSA) is 44.8 Å². The van der Waals surface area contributed by atoms with Crippen molar-refractivity contribution < 1.29 is 19.0 Å². The van der Waals surface area contributed by atoms with Crippen LogP contribution >= 0.6 is 0 Å². The Morgan fingerprint density at radius 1 is 1.28 bits per heavy atom. The summed E-state index contributed by atoms with van der Waals surface area (Å²) in [6.07, 6.45) is 3.15. The van der Waals surface area contributed by atoms with Crippen LogP contribution in [0.2, 0.25) is 6.04 Å². The number of ether oxygens (including phenoxy) is 3. The molecular formula is C12H28O4Si2. The van der Waals surface area contributed by atoms with Gasteiger partial charge >= 0.3 is 5.97 Å². The molecule has 0 bridgehead atoms. The minimum atomic E-state index is -0.354. The molecule has 0 saturated heterocycles.